The van der Waals surface area contributed by atoms with Crippen LogP contribution in [0.25, 0.3) is 0 Å². The molecule has 2 amide bonds. The fourth-order valence-electron chi connectivity index (χ4n) is 3.16. The maximum atomic E-state index is 13.5. The van der Waals surface area contributed by atoms with Crippen LogP contribution in [0.4, 0.5) is 5.69 Å². The number of carbonyl (C=O) groups is 2. The van der Waals surface area contributed by atoms with Crippen molar-refractivity contribution in [1.29, 1.82) is 0 Å². The molecule has 3 aromatic carbocycles. The van der Waals surface area contributed by atoms with Crippen LogP contribution in [0, 0.1) is 0 Å². The van der Waals surface area contributed by atoms with Gasteiger partial charge in [0.25, 0.3) is 5.91 Å². The second-order valence-electron chi connectivity index (χ2n) is 6.24. The summed E-state index contributed by atoms with van der Waals surface area (Å²) in [5, 5.41) is 2.91. The first-order valence-corrected chi connectivity index (χ1v) is 9.04. The van der Waals surface area contributed by atoms with E-state index < -0.39 is 11.5 Å². The Labute approximate surface area is 164 Å². The molecule has 0 unspecified atom stereocenters. The number of amides is 2. The number of ether oxygens (including phenoxy) is 1. The van der Waals surface area contributed by atoms with Crippen LogP contribution in [0.5, 0.6) is 0 Å². The van der Waals surface area contributed by atoms with Crippen molar-refractivity contribution in [2.45, 2.75) is 12.5 Å². The van der Waals surface area contributed by atoms with E-state index in [2.05, 4.69) is 5.32 Å². The SMILES string of the molecule is CCOC(C(=O)Nc1ccc(C(N)=O)cc1)(c1ccccc1)c1ccccc1. The molecule has 5 heteroatoms. The van der Waals surface area contributed by atoms with Gasteiger partial charge < -0.3 is 15.8 Å². The lowest BCUT2D eigenvalue weighted by molar-refractivity contribution is -0.136. The highest BCUT2D eigenvalue weighted by Gasteiger charge is 2.43. The second-order valence-corrected chi connectivity index (χ2v) is 6.24. The zero-order valence-corrected chi connectivity index (χ0v) is 15.6. The van der Waals surface area contributed by atoms with Crippen molar-refractivity contribution in [2.24, 2.45) is 5.73 Å². The van der Waals surface area contributed by atoms with Gasteiger partial charge in [0.2, 0.25) is 5.91 Å². The van der Waals surface area contributed by atoms with Crippen LogP contribution in [0.3, 0.4) is 0 Å². The van der Waals surface area contributed by atoms with Crippen LogP contribution >= 0.6 is 0 Å². The summed E-state index contributed by atoms with van der Waals surface area (Å²) in [6.07, 6.45) is 0. The highest BCUT2D eigenvalue weighted by molar-refractivity contribution is 6.01. The summed E-state index contributed by atoms with van der Waals surface area (Å²) in [5.41, 5.74) is 6.36. The second kappa shape index (κ2) is 8.50. The number of benzene rings is 3. The third kappa shape index (κ3) is 3.80. The minimum atomic E-state index is -1.31. The van der Waals surface area contributed by atoms with Crippen molar-refractivity contribution in [1.82, 2.24) is 0 Å². The third-order valence-corrected chi connectivity index (χ3v) is 4.47. The Kier molecular flexibility index (Phi) is 5.87. The van der Waals surface area contributed by atoms with Gasteiger partial charge in [0.1, 0.15) is 0 Å². The summed E-state index contributed by atoms with van der Waals surface area (Å²) >= 11 is 0. The van der Waals surface area contributed by atoms with Gasteiger partial charge in [0, 0.05) is 17.9 Å². The molecule has 0 spiro atoms. The van der Waals surface area contributed by atoms with Gasteiger partial charge in [-0.2, -0.15) is 0 Å². The van der Waals surface area contributed by atoms with Crippen molar-refractivity contribution < 1.29 is 14.3 Å². The fourth-order valence-corrected chi connectivity index (χ4v) is 3.16. The van der Waals surface area contributed by atoms with Crippen molar-refractivity contribution >= 4 is 17.5 Å². The maximum Gasteiger partial charge on any atom is 0.265 e. The number of hydrogen-bond donors (Lipinski definition) is 2. The molecule has 0 saturated carbocycles. The number of hydrogen-bond acceptors (Lipinski definition) is 3. The Bertz CT molecular complexity index is 899. The molecule has 5 nitrogen and oxygen atoms in total. The molecule has 0 radical (unpaired) electrons. The Morgan fingerprint density at radius 2 is 1.36 bits per heavy atom. The topological polar surface area (TPSA) is 81.4 Å². The predicted octanol–water partition coefficient (Wildman–Crippen LogP) is 3.70. The van der Waals surface area contributed by atoms with Gasteiger partial charge in [0.15, 0.2) is 5.60 Å². The summed E-state index contributed by atoms with van der Waals surface area (Å²) < 4.78 is 6.11. The molecule has 28 heavy (non-hydrogen) atoms. The Morgan fingerprint density at radius 3 is 1.79 bits per heavy atom. The van der Waals surface area contributed by atoms with Gasteiger partial charge in [-0.1, -0.05) is 60.7 Å². The van der Waals surface area contributed by atoms with E-state index in [0.717, 1.165) is 11.1 Å². The molecule has 0 aliphatic rings. The standard InChI is InChI=1S/C23H22N2O3/c1-2-28-23(18-9-5-3-6-10-18,19-11-7-4-8-12-19)22(27)25-20-15-13-17(14-16-20)21(24)26/h3-16H,2H2,1H3,(H2,24,26)(H,25,27). The van der Waals surface area contributed by atoms with E-state index in [9.17, 15) is 9.59 Å². The summed E-state index contributed by atoms with van der Waals surface area (Å²) in [5.74, 6) is -0.839. The average molecular weight is 374 g/mol. The molecular weight excluding hydrogens is 352 g/mol. The van der Waals surface area contributed by atoms with E-state index in [4.69, 9.17) is 10.5 Å². The minimum absolute atomic E-state index is 0.321. The van der Waals surface area contributed by atoms with E-state index in [-0.39, 0.29) is 5.91 Å². The van der Waals surface area contributed by atoms with Crippen LogP contribution in [0.1, 0.15) is 28.4 Å². The lowest BCUT2D eigenvalue weighted by atomic mass is 9.85. The lowest BCUT2D eigenvalue weighted by Crippen LogP contribution is -2.44. The first-order chi connectivity index (χ1) is 13.6. The zero-order valence-electron chi connectivity index (χ0n) is 15.6. The molecule has 3 rings (SSSR count). The highest BCUT2D eigenvalue weighted by atomic mass is 16.5. The molecule has 0 saturated heterocycles. The Morgan fingerprint density at radius 1 is 0.857 bits per heavy atom. The summed E-state index contributed by atoms with van der Waals surface area (Å²) in [6.45, 7) is 2.20. The van der Waals surface area contributed by atoms with Gasteiger partial charge >= 0.3 is 0 Å². The summed E-state index contributed by atoms with van der Waals surface area (Å²) in [7, 11) is 0. The highest BCUT2D eigenvalue weighted by Crippen LogP contribution is 2.35. The van der Waals surface area contributed by atoms with Crippen LogP contribution < -0.4 is 11.1 Å². The molecule has 0 aromatic heterocycles. The van der Waals surface area contributed by atoms with Crippen molar-refractivity contribution in [3.05, 3.63) is 102 Å². The maximum absolute atomic E-state index is 13.5. The van der Waals surface area contributed by atoms with E-state index in [1.807, 2.05) is 67.6 Å². The van der Waals surface area contributed by atoms with Gasteiger partial charge in [-0.25, -0.2) is 0 Å². The van der Waals surface area contributed by atoms with Crippen molar-refractivity contribution in [2.75, 3.05) is 11.9 Å². The molecule has 0 aliphatic heterocycles. The van der Waals surface area contributed by atoms with E-state index in [0.29, 0.717) is 17.9 Å². The molecule has 0 heterocycles. The molecule has 0 fully saturated rings. The fraction of sp³-hybridized carbons (Fsp3) is 0.130. The number of rotatable bonds is 7. The minimum Gasteiger partial charge on any atom is -0.366 e. The number of anilines is 1. The third-order valence-electron chi connectivity index (χ3n) is 4.47. The molecule has 3 N–H and O–H groups in total. The van der Waals surface area contributed by atoms with Crippen molar-refractivity contribution in [3.8, 4) is 0 Å². The van der Waals surface area contributed by atoms with Gasteiger partial charge in [-0.15, -0.1) is 0 Å². The first kappa shape index (κ1) is 19.3. The molecular formula is C23H22N2O3. The van der Waals surface area contributed by atoms with Gasteiger partial charge in [-0.05, 0) is 42.3 Å². The van der Waals surface area contributed by atoms with Crippen molar-refractivity contribution in [3.63, 3.8) is 0 Å². The Balaban J connectivity index is 2.05. The van der Waals surface area contributed by atoms with Crippen LogP contribution in [0.2, 0.25) is 0 Å². The van der Waals surface area contributed by atoms with Gasteiger partial charge in [-0.3, -0.25) is 9.59 Å². The number of nitrogens with one attached hydrogen (secondary N) is 1. The molecule has 0 atom stereocenters. The molecule has 3 aromatic rings. The quantitative estimate of drug-likeness (QED) is 0.661. The molecule has 0 bridgehead atoms. The van der Waals surface area contributed by atoms with Crippen LogP contribution in [0.15, 0.2) is 84.9 Å². The van der Waals surface area contributed by atoms with E-state index in [1.54, 1.807) is 24.3 Å². The summed E-state index contributed by atoms with van der Waals surface area (Å²) in [6, 6.07) is 25.2. The predicted molar refractivity (Wildman–Crippen MR) is 109 cm³/mol. The smallest absolute Gasteiger partial charge is 0.265 e. The van der Waals surface area contributed by atoms with Crippen LogP contribution in [-0.4, -0.2) is 18.4 Å². The lowest BCUT2D eigenvalue weighted by Gasteiger charge is -2.33. The Hall–Kier alpha value is -3.44. The largest absolute Gasteiger partial charge is 0.366 e. The molecule has 142 valence electrons. The normalized spacial score (nSPS) is 11.0. The monoisotopic (exact) mass is 374 g/mol. The first-order valence-electron chi connectivity index (χ1n) is 9.04. The number of primary amides is 1. The average Bonchev–Trinajstić information content (AvgIpc) is 2.73. The number of nitrogens with two attached hydrogens (primary N) is 1. The zero-order chi connectivity index (χ0) is 20.0. The van der Waals surface area contributed by atoms with E-state index in [1.165, 1.54) is 0 Å². The van der Waals surface area contributed by atoms with Gasteiger partial charge in [0.05, 0.1) is 0 Å². The number of carbonyl (C=O) groups excluding carboxylic acids is 2. The van der Waals surface area contributed by atoms with E-state index >= 15 is 0 Å². The molecule has 0 aliphatic carbocycles. The summed E-state index contributed by atoms with van der Waals surface area (Å²) in [4.78, 5) is 24.8. The van der Waals surface area contributed by atoms with Crippen LogP contribution in [-0.2, 0) is 15.1 Å².